The Morgan fingerprint density at radius 1 is 0.515 bits per heavy atom. The van der Waals surface area contributed by atoms with E-state index in [1.54, 1.807) is 12.1 Å². The van der Waals surface area contributed by atoms with Crippen LogP contribution in [0.4, 0.5) is 0 Å². The van der Waals surface area contributed by atoms with Gasteiger partial charge in [0, 0.05) is 21.9 Å². The van der Waals surface area contributed by atoms with Crippen LogP contribution in [0.3, 0.4) is 0 Å². The SMILES string of the molecule is OB(O)c1ccc(-c2nc(-c3ccccc3)c3c4ccccc4c4ccccc4c3n2)cc1. The number of benzene rings is 5. The van der Waals surface area contributed by atoms with E-state index in [4.69, 9.17) is 9.97 Å². The smallest absolute Gasteiger partial charge is 0.423 e. The first-order chi connectivity index (χ1) is 16.2. The first-order valence-electron chi connectivity index (χ1n) is 10.8. The van der Waals surface area contributed by atoms with Crippen molar-refractivity contribution in [2.45, 2.75) is 0 Å². The van der Waals surface area contributed by atoms with Crippen molar-refractivity contribution in [3.63, 3.8) is 0 Å². The molecule has 6 aromatic rings. The molecule has 156 valence electrons. The van der Waals surface area contributed by atoms with Gasteiger partial charge >= 0.3 is 7.12 Å². The van der Waals surface area contributed by atoms with Gasteiger partial charge in [0.05, 0.1) is 11.2 Å². The van der Waals surface area contributed by atoms with Crippen molar-refractivity contribution in [2.75, 3.05) is 0 Å². The predicted molar refractivity (Wildman–Crippen MR) is 135 cm³/mol. The third-order valence-electron chi connectivity index (χ3n) is 6.09. The molecule has 0 saturated heterocycles. The molecule has 0 fully saturated rings. The summed E-state index contributed by atoms with van der Waals surface area (Å²) in [6, 6.07) is 34.0. The van der Waals surface area contributed by atoms with Crippen LogP contribution in [0.5, 0.6) is 0 Å². The molecule has 0 amide bonds. The molecule has 0 spiro atoms. The summed E-state index contributed by atoms with van der Waals surface area (Å²) >= 11 is 0. The van der Waals surface area contributed by atoms with Crippen molar-refractivity contribution in [3.8, 4) is 22.6 Å². The molecule has 0 aliphatic carbocycles. The molecule has 1 aromatic heterocycles. The number of hydrogen-bond donors (Lipinski definition) is 2. The Hall–Kier alpha value is -4.06. The van der Waals surface area contributed by atoms with E-state index in [1.807, 2.05) is 36.4 Å². The van der Waals surface area contributed by atoms with Crippen LogP contribution in [-0.4, -0.2) is 27.1 Å². The molecule has 5 heteroatoms. The van der Waals surface area contributed by atoms with Crippen LogP contribution in [0.1, 0.15) is 0 Å². The largest absolute Gasteiger partial charge is 0.488 e. The van der Waals surface area contributed by atoms with Gasteiger partial charge in [-0.3, -0.25) is 0 Å². The predicted octanol–water partition coefficient (Wildman–Crippen LogP) is 4.95. The maximum absolute atomic E-state index is 9.46. The minimum absolute atomic E-state index is 0.430. The average molecular weight is 426 g/mol. The molecular weight excluding hydrogens is 407 g/mol. The molecule has 0 radical (unpaired) electrons. The van der Waals surface area contributed by atoms with Crippen molar-refractivity contribution in [3.05, 3.63) is 103 Å². The molecular formula is C28H19BN2O2. The van der Waals surface area contributed by atoms with E-state index in [2.05, 4.69) is 54.6 Å². The van der Waals surface area contributed by atoms with Gasteiger partial charge in [-0.15, -0.1) is 0 Å². The number of rotatable bonds is 3. The van der Waals surface area contributed by atoms with E-state index in [1.165, 1.54) is 5.39 Å². The minimum atomic E-state index is -1.51. The molecule has 0 bridgehead atoms. The Bertz CT molecular complexity index is 1630. The maximum atomic E-state index is 9.46. The van der Waals surface area contributed by atoms with Crippen molar-refractivity contribution in [1.29, 1.82) is 0 Å². The lowest BCUT2D eigenvalue weighted by Crippen LogP contribution is -2.29. The fourth-order valence-electron chi connectivity index (χ4n) is 4.51. The summed E-state index contributed by atoms with van der Waals surface area (Å²) in [7, 11) is -1.51. The highest BCUT2D eigenvalue weighted by molar-refractivity contribution is 6.58. The van der Waals surface area contributed by atoms with Gasteiger partial charge < -0.3 is 10.0 Å². The van der Waals surface area contributed by atoms with Gasteiger partial charge in [-0.25, -0.2) is 9.97 Å². The number of fused-ring (bicyclic) bond motifs is 6. The minimum Gasteiger partial charge on any atom is -0.423 e. The Kier molecular flexibility index (Phi) is 4.65. The van der Waals surface area contributed by atoms with Gasteiger partial charge in [-0.1, -0.05) is 103 Å². The van der Waals surface area contributed by atoms with E-state index in [-0.39, 0.29) is 0 Å². The second-order valence-electron chi connectivity index (χ2n) is 8.07. The van der Waals surface area contributed by atoms with Crippen LogP contribution in [0, 0.1) is 0 Å². The fourth-order valence-corrected chi connectivity index (χ4v) is 4.51. The van der Waals surface area contributed by atoms with Gasteiger partial charge in [0.2, 0.25) is 0 Å². The van der Waals surface area contributed by atoms with Crippen LogP contribution in [-0.2, 0) is 0 Å². The van der Waals surface area contributed by atoms with Crippen LogP contribution >= 0.6 is 0 Å². The van der Waals surface area contributed by atoms with Crippen LogP contribution in [0.2, 0.25) is 0 Å². The maximum Gasteiger partial charge on any atom is 0.488 e. The Morgan fingerprint density at radius 2 is 1.09 bits per heavy atom. The molecule has 0 aliphatic rings. The molecule has 0 saturated carbocycles. The van der Waals surface area contributed by atoms with Crippen molar-refractivity contribution in [2.24, 2.45) is 0 Å². The van der Waals surface area contributed by atoms with E-state index >= 15 is 0 Å². The molecule has 0 unspecified atom stereocenters. The highest BCUT2D eigenvalue weighted by Crippen LogP contribution is 2.39. The van der Waals surface area contributed by atoms with Crippen LogP contribution in [0.15, 0.2) is 103 Å². The summed E-state index contributed by atoms with van der Waals surface area (Å²) in [6.07, 6.45) is 0. The summed E-state index contributed by atoms with van der Waals surface area (Å²) in [6.45, 7) is 0. The van der Waals surface area contributed by atoms with Gasteiger partial charge in [0.25, 0.3) is 0 Å². The number of hydrogen-bond acceptors (Lipinski definition) is 4. The topological polar surface area (TPSA) is 66.2 Å². The van der Waals surface area contributed by atoms with Gasteiger partial charge in [0.15, 0.2) is 5.82 Å². The lowest BCUT2D eigenvalue weighted by atomic mass is 9.80. The average Bonchev–Trinajstić information content (AvgIpc) is 2.89. The third-order valence-corrected chi connectivity index (χ3v) is 6.09. The fraction of sp³-hybridized carbons (Fsp3) is 0. The summed E-state index contributed by atoms with van der Waals surface area (Å²) in [4.78, 5) is 10.1. The molecule has 1 heterocycles. The lowest BCUT2D eigenvalue weighted by Gasteiger charge is -2.15. The van der Waals surface area contributed by atoms with E-state index in [0.717, 1.165) is 43.9 Å². The van der Waals surface area contributed by atoms with Crippen molar-refractivity contribution < 1.29 is 10.0 Å². The van der Waals surface area contributed by atoms with Crippen molar-refractivity contribution >= 4 is 45.0 Å². The summed E-state index contributed by atoms with van der Waals surface area (Å²) < 4.78 is 0. The monoisotopic (exact) mass is 426 g/mol. The van der Waals surface area contributed by atoms with E-state index < -0.39 is 7.12 Å². The summed E-state index contributed by atoms with van der Waals surface area (Å²) in [5, 5.41) is 24.5. The molecule has 0 aliphatic heterocycles. The normalized spacial score (nSPS) is 11.3. The van der Waals surface area contributed by atoms with Gasteiger partial charge in [-0.2, -0.15) is 0 Å². The van der Waals surface area contributed by atoms with Crippen molar-refractivity contribution in [1.82, 2.24) is 9.97 Å². The standard InChI is InChI=1S/C28H19BN2O2/c32-29(33)20-16-14-19(15-17-20)28-30-26(18-8-2-1-3-9-18)25-23-12-6-4-10-21(23)22-11-5-7-13-24(22)27(25)31-28/h1-17,32-33H. The van der Waals surface area contributed by atoms with Crippen LogP contribution in [0.25, 0.3) is 55.1 Å². The van der Waals surface area contributed by atoms with Gasteiger partial charge in [-0.05, 0) is 21.6 Å². The van der Waals surface area contributed by atoms with Crippen LogP contribution < -0.4 is 5.46 Å². The molecule has 0 atom stereocenters. The third kappa shape index (κ3) is 3.26. The highest BCUT2D eigenvalue weighted by atomic mass is 16.4. The molecule has 2 N–H and O–H groups in total. The highest BCUT2D eigenvalue weighted by Gasteiger charge is 2.18. The Labute approximate surface area is 191 Å². The first kappa shape index (κ1) is 19.6. The zero-order valence-electron chi connectivity index (χ0n) is 17.7. The molecule has 4 nitrogen and oxygen atoms in total. The Morgan fingerprint density at radius 3 is 1.76 bits per heavy atom. The van der Waals surface area contributed by atoms with E-state index in [0.29, 0.717) is 11.3 Å². The zero-order chi connectivity index (χ0) is 22.4. The molecule has 5 aromatic carbocycles. The molecule has 33 heavy (non-hydrogen) atoms. The summed E-state index contributed by atoms with van der Waals surface area (Å²) in [5.41, 5.74) is 4.05. The van der Waals surface area contributed by atoms with E-state index in [9.17, 15) is 10.0 Å². The number of nitrogens with zero attached hydrogens (tertiary/aromatic N) is 2. The Balaban J connectivity index is 1.77. The second kappa shape index (κ2) is 7.82. The van der Waals surface area contributed by atoms with Gasteiger partial charge in [0.1, 0.15) is 0 Å². The number of aromatic nitrogens is 2. The molecule has 6 rings (SSSR count). The first-order valence-corrected chi connectivity index (χ1v) is 10.8. The zero-order valence-corrected chi connectivity index (χ0v) is 17.7. The quantitative estimate of drug-likeness (QED) is 0.311. The summed E-state index contributed by atoms with van der Waals surface area (Å²) in [5.74, 6) is 0.598. The second-order valence-corrected chi connectivity index (χ2v) is 8.07. The lowest BCUT2D eigenvalue weighted by molar-refractivity contribution is 0.426.